The van der Waals surface area contributed by atoms with Crippen LogP contribution in [0.4, 0.5) is 0 Å². The van der Waals surface area contributed by atoms with Crippen molar-refractivity contribution in [3.8, 4) is 0 Å². The van der Waals surface area contributed by atoms with Crippen LogP contribution in [0.3, 0.4) is 0 Å². The molecular weight excluding hydrogens is 176 g/mol. The summed E-state index contributed by atoms with van der Waals surface area (Å²) in [5.41, 5.74) is 7.90. The van der Waals surface area contributed by atoms with Gasteiger partial charge in [-0.05, 0) is 31.0 Å². The topological polar surface area (TPSA) is 63.3 Å². The van der Waals surface area contributed by atoms with Crippen molar-refractivity contribution in [2.24, 2.45) is 10.7 Å². The Hall–Kier alpha value is -1.58. The highest BCUT2D eigenvalue weighted by Crippen LogP contribution is 2.05. The van der Waals surface area contributed by atoms with Crippen molar-refractivity contribution in [2.45, 2.75) is 20.4 Å². The largest absolute Gasteiger partial charge is 0.370 e. The lowest BCUT2D eigenvalue weighted by molar-refractivity contribution is 0.921. The normalized spacial score (nSPS) is 11.4. The molecule has 0 unspecified atom stereocenters. The molecule has 0 amide bonds. The van der Waals surface area contributed by atoms with E-state index in [1.807, 2.05) is 26.1 Å². The van der Waals surface area contributed by atoms with Gasteiger partial charge in [-0.1, -0.05) is 0 Å². The Labute approximate surface area is 84.3 Å². The fourth-order valence-corrected chi connectivity index (χ4v) is 1.09. The van der Waals surface area contributed by atoms with Crippen molar-refractivity contribution in [1.82, 2.24) is 10.3 Å². The van der Waals surface area contributed by atoms with Gasteiger partial charge in [-0.25, -0.2) is 4.99 Å². The van der Waals surface area contributed by atoms with Gasteiger partial charge in [0.15, 0.2) is 5.96 Å². The second-order valence-corrected chi connectivity index (χ2v) is 3.03. The van der Waals surface area contributed by atoms with Gasteiger partial charge in [0.05, 0.1) is 6.54 Å². The maximum atomic E-state index is 5.61. The molecule has 76 valence electrons. The molecule has 3 N–H and O–H groups in total. The predicted octanol–water partition coefficient (Wildman–Crippen LogP) is 0.814. The summed E-state index contributed by atoms with van der Waals surface area (Å²) in [7, 11) is 0. The predicted molar refractivity (Wildman–Crippen MR) is 58.0 cm³/mol. The van der Waals surface area contributed by atoms with Crippen molar-refractivity contribution in [1.29, 1.82) is 0 Å². The Bertz CT molecular complexity index is 320. The molecule has 0 bridgehead atoms. The highest BCUT2D eigenvalue weighted by molar-refractivity contribution is 5.77. The molecule has 4 nitrogen and oxygen atoms in total. The van der Waals surface area contributed by atoms with Crippen LogP contribution in [0.1, 0.15) is 18.1 Å². The number of hydrogen-bond donors (Lipinski definition) is 2. The van der Waals surface area contributed by atoms with Crippen molar-refractivity contribution in [2.75, 3.05) is 6.54 Å². The first-order chi connectivity index (χ1) is 6.74. The zero-order valence-electron chi connectivity index (χ0n) is 8.62. The first kappa shape index (κ1) is 10.5. The van der Waals surface area contributed by atoms with E-state index < -0.39 is 0 Å². The quantitative estimate of drug-likeness (QED) is 0.550. The van der Waals surface area contributed by atoms with Gasteiger partial charge in [0.2, 0.25) is 0 Å². The Kier molecular flexibility index (Phi) is 3.91. The summed E-state index contributed by atoms with van der Waals surface area (Å²) in [6.45, 7) is 5.40. The lowest BCUT2D eigenvalue weighted by atomic mass is 10.2. The zero-order chi connectivity index (χ0) is 10.4. The third-order valence-corrected chi connectivity index (χ3v) is 1.91. The minimum atomic E-state index is 0.490. The van der Waals surface area contributed by atoms with Gasteiger partial charge >= 0.3 is 0 Å². The number of aromatic nitrogens is 1. The second-order valence-electron chi connectivity index (χ2n) is 3.03. The van der Waals surface area contributed by atoms with Crippen LogP contribution in [-0.4, -0.2) is 17.5 Å². The summed E-state index contributed by atoms with van der Waals surface area (Å²) >= 11 is 0. The number of nitrogens with two attached hydrogens (primary N) is 1. The van der Waals surface area contributed by atoms with E-state index in [-0.39, 0.29) is 0 Å². The zero-order valence-corrected chi connectivity index (χ0v) is 8.62. The number of aryl methyl sites for hydroxylation is 1. The molecule has 0 aliphatic rings. The van der Waals surface area contributed by atoms with Crippen LogP contribution in [0.2, 0.25) is 0 Å². The molecule has 1 heterocycles. The van der Waals surface area contributed by atoms with Crippen LogP contribution in [-0.2, 0) is 6.54 Å². The van der Waals surface area contributed by atoms with E-state index in [1.54, 1.807) is 6.20 Å². The molecular formula is C10H16N4. The van der Waals surface area contributed by atoms with Crippen LogP contribution in [0.25, 0.3) is 0 Å². The van der Waals surface area contributed by atoms with Crippen molar-refractivity contribution >= 4 is 5.96 Å². The molecule has 4 heteroatoms. The van der Waals surface area contributed by atoms with Gasteiger partial charge in [0, 0.05) is 18.9 Å². The van der Waals surface area contributed by atoms with E-state index >= 15 is 0 Å². The van der Waals surface area contributed by atoms with Crippen molar-refractivity contribution in [3.63, 3.8) is 0 Å². The molecule has 0 aromatic carbocycles. The van der Waals surface area contributed by atoms with Crippen LogP contribution in [0, 0.1) is 6.92 Å². The van der Waals surface area contributed by atoms with E-state index in [4.69, 9.17) is 5.73 Å². The molecule has 1 rings (SSSR count). The summed E-state index contributed by atoms with van der Waals surface area (Å²) < 4.78 is 0. The third kappa shape index (κ3) is 3.05. The van der Waals surface area contributed by atoms with Gasteiger partial charge in [-0.2, -0.15) is 0 Å². The lowest BCUT2D eigenvalue weighted by Gasteiger charge is -2.03. The molecule has 0 radical (unpaired) electrons. The monoisotopic (exact) mass is 192 g/mol. The average Bonchev–Trinajstić information content (AvgIpc) is 2.17. The van der Waals surface area contributed by atoms with E-state index in [2.05, 4.69) is 15.3 Å². The van der Waals surface area contributed by atoms with E-state index in [9.17, 15) is 0 Å². The van der Waals surface area contributed by atoms with Crippen LogP contribution in [0.5, 0.6) is 0 Å². The minimum absolute atomic E-state index is 0.490. The molecule has 0 aliphatic heterocycles. The molecule has 0 fully saturated rings. The summed E-state index contributed by atoms with van der Waals surface area (Å²) in [4.78, 5) is 8.21. The van der Waals surface area contributed by atoms with Gasteiger partial charge in [0.25, 0.3) is 0 Å². The summed E-state index contributed by atoms with van der Waals surface area (Å²) in [5, 5.41) is 2.95. The number of guanidine groups is 1. The number of aliphatic imine (C=N–C) groups is 1. The maximum absolute atomic E-state index is 5.61. The highest BCUT2D eigenvalue weighted by atomic mass is 15.1. The molecule has 0 atom stereocenters. The molecule has 1 aromatic heterocycles. The molecule has 0 saturated heterocycles. The minimum Gasteiger partial charge on any atom is -0.370 e. The van der Waals surface area contributed by atoms with Gasteiger partial charge in [0.1, 0.15) is 0 Å². The first-order valence-electron chi connectivity index (χ1n) is 4.67. The van der Waals surface area contributed by atoms with E-state index in [1.165, 1.54) is 0 Å². The fraction of sp³-hybridized carbons (Fsp3) is 0.400. The smallest absolute Gasteiger partial charge is 0.188 e. The van der Waals surface area contributed by atoms with Gasteiger partial charge in [-0.3, -0.25) is 4.98 Å². The standard InChI is InChI=1S/C10H16N4/c1-3-13-10(11)14-7-9-4-5-12-6-8(9)2/h4-6H,3,7H2,1-2H3,(H3,11,13,14). The van der Waals surface area contributed by atoms with Gasteiger partial charge < -0.3 is 11.1 Å². The molecule has 0 spiro atoms. The lowest BCUT2D eigenvalue weighted by Crippen LogP contribution is -2.31. The Morgan fingerprint density at radius 3 is 3.07 bits per heavy atom. The SMILES string of the molecule is CCNC(N)=NCc1ccncc1C. The van der Waals surface area contributed by atoms with Crippen molar-refractivity contribution in [3.05, 3.63) is 29.6 Å². The number of hydrogen-bond acceptors (Lipinski definition) is 2. The van der Waals surface area contributed by atoms with Crippen LogP contribution < -0.4 is 11.1 Å². The number of nitrogens with one attached hydrogen (secondary N) is 1. The highest BCUT2D eigenvalue weighted by Gasteiger charge is 1.95. The fourth-order valence-electron chi connectivity index (χ4n) is 1.09. The van der Waals surface area contributed by atoms with Gasteiger partial charge in [-0.15, -0.1) is 0 Å². The Morgan fingerprint density at radius 1 is 1.64 bits per heavy atom. The third-order valence-electron chi connectivity index (χ3n) is 1.91. The number of pyridine rings is 1. The molecule has 1 aromatic rings. The van der Waals surface area contributed by atoms with Crippen LogP contribution >= 0.6 is 0 Å². The second kappa shape index (κ2) is 5.21. The average molecular weight is 192 g/mol. The summed E-state index contributed by atoms with van der Waals surface area (Å²) in [6.07, 6.45) is 3.59. The summed E-state index contributed by atoms with van der Waals surface area (Å²) in [6, 6.07) is 1.96. The Balaban J connectivity index is 2.61. The molecule has 0 aliphatic carbocycles. The molecule has 0 saturated carbocycles. The van der Waals surface area contributed by atoms with E-state index in [0.717, 1.165) is 17.7 Å². The summed E-state index contributed by atoms with van der Waals surface area (Å²) in [5.74, 6) is 0.490. The van der Waals surface area contributed by atoms with Crippen LogP contribution in [0.15, 0.2) is 23.5 Å². The Morgan fingerprint density at radius 2 is 2.43 bits per heavy atom. The maximum Gasteiger partial charge on any atom is 0.188 e. The van der Waals surface area contributed by atoms with Crippen molar-refractivity contribution < 1.29 is 0 Å². The first-order valence-corrected chi connectivity index (χ1v) is 4.67. The number of rotatable bonds is 3. The number of nitrogens with zero attached hydrogens (tertiary/aromatic N) is 2. The van der Waals surface area contributed by atoms with E-state index in [0.29, 0.717) is 12.5 Å². The molecule has 14 heavy (non-hydrogen) atoms.